The number of phenols is 1. The van der Waals surface area contributed by atoms with Gasteiger partial charge in [0.25, 0.3) is 0 Å². The Labute approximate surface area is 212 Å². The monoisotopic (exact) mass is 504 g/mol. The van der Waals surface area contributed by atoms with Gasteiger partial charge in [0.15, 0.2) is 0 Å². The Kier molecular flexibility index (Phi) is 9.14. The summed E-state index contributed by atoms with van der Waals surface area (Å²) in [5.74, 6) is -1.25. The Morgan fingerprint density at radius 2 is 1.83 bits per heavy atom. The topological polar surface area (TPSA) is 154 Å². The molecular formula is C26H40N4O6. The van der Waals surface area contributed by atoms with Gasteiger partial charge in [-0.1, -0.05) is 19.1 Å². The van der Waals surface area contributed by atoms with Gasteiger partial charge in [-0.15, -0.1) is 0 Å². The van der Waals surface area contributed by atoms with Crippen LogP contribution in [0.1, 0.15) is 53.5 Å². The number of phenolic OH excluding ortho intramolecular Hbond substituents is 1. The van der Waals surface area contributed by atoms with Crippen LogP contribution < -0.4 is 16.4 Å². The van der Waals surface area contributed by atoms with E-state index in [0.717, 1.165) is 5.56 Å². The minimum Gasteiger partial charge on any atom is -0.508 e. The second kappa shape index (κ2) is 11.3. The van der Waals surface area contributed by atoms with Crippen LogP contribution >= 0.6 is 0 Å². The molecule has 0 aliphatic carbocycles. The smallest absolute Gasteiger partial charge is 0.248 e. The first kappa shape index (κ1) is 29.1. The summed E-state index contributed by atoms with van der Waals surface area (Å²) < 4.78 is 5.76. The SMILES string of the molecule is CC(N)C(=O)NC(C(=O)N/C=C1/CC(C)(O)C(C)(C)O1)C(C)N(C)C(=O)C(C)Cc1cccc(O)c1. The van der Waals surface area contributed by atoms with Gasteiger partial charge < -0.3 is 36.2 Å². The van der Waals surface area contributed by atoms with E-state index in [2.05, 4.69) is 10.6 Å². The highest BCUT2D eigenvalue weighted by molar-refractivity contribution is 5.91. The van der Waals surface area contributed by atoms with Crippen molar-refractivity contribution in [3.8, 4) is 5.75 Å². The lowest BCUT2D eigenvalue weighted by molar-refractivity contribution is -0.139. The number of nitrogens with two attached hydrogens (primary N) is 1. The zero-order valence-corrected chi connectivity index (χ0v) is 22.2. The van der Waals surface area contributed by atoms with Crippen molar-refractivity contribution in [2.45, 2.75) is 83.7 Å². The Balaban J connectivity index is 2.17. The second-order valence-electron chi connectivity index (χ2n) is 10.4. The number of nitrogens with one attached hydrogen (secondary N) is 2. The van der Waals surface area contributed by atoms with Crippen molar-refractivity contribution in [2.24, 2.45) is 11.7 Å². The fraction of sp³-hybridized carbons (Fsp3) is 0.577. The van der Waals surface area contributed by atoms with Gasteiger partial charge in [-0.2, -0.15) is 0 Å². The molecular weight excluding hydrogens is 464 g/mol. The molecule has 0 aromatic heterocycles. The van der Waals surface area contributed by atoms with Crippen LogP contribution in [0.15, 0.2) is 36.2 Å². The molecule has 36 heavy (non-hydrogen) atoms. The molecule has 10 nitrogen and oxygen atoms in total. The zero-order chi connectivity index (χ0) is 27.4. The van der Waals surface area contributed by atoms with E-state index in [1.54, 1.807) is 59.9 Å². The van der Waals surface area contributed by atoms with Crippen molar-refractivity contribution in [3.05, 3.63) is 41.8 Å². The summed E-state index contributed by atoms with van der Waals surface area (Å²) in [6, 6.07) is 4.02. The van der Waals surface area contributed by atoms with Crippen LogP contribution in [0.4, 0.5) is 0 Å². The average Bonchev–Trinajstić information content (AvgIpc) is 2.99. The number of rotatable bonds is 9. The normalized spacial score (nSPS) is 23.2. The van der Waals surface area contributed by atoms with Crippen LogP contribution in [0.3, 0.4) is 0 Å². The number of carbonyl (C=O) groups excluding carboxylic acids is 3. The molecule has 200 valence electrons. The van der Waals surface area contributed by atoms with Crippen molar-refractivity contribution in [1.82, 2.24) is 15.5 Å². The highest BCUT2D eigenvalue weighted by Gasteiger charge is 2.48. The number of aliphatic hydroxyl groups is 1. The summed E-state index contributed by atoms with van der Waals surface area (Å²) in [4.78, 5) is 40.1. The fourth-order valence-corrected chi connectivity index (χ4v) is 3.93. The van der Waals surface area contributed by atoms with E-state index in [1.165, 1.54) is 18.0 Å². The molecule has 1 aliphatic rings. The molecule has 6 N–H and O–H groups in total. The molecule has 1 saturated heterocycles. The molecule has 0 spiro atoms. The molecule has 1 aromatic rings. The second-order valence-corrected chi connectivity index (χ2v) is 10.4. The summed E-state index contributed by atoms with van der Waals surface area (Å²) in [6.07, 6.45) is 1.97. The van der Waals surface area contributed by atoms with Crippen molar-refractivity contribution < 1.29 is 29.3 Å². The number of amides is 3. The molecule has 1 fully saturated rings. The molecule has 0 saturated carbocycles. The van der Waals surface area contributed by atoms with Crippen LogP contribution in [0, 0.1) is 5.92 Å². The first-order chi connectivity index (χ1) is 16.6. The summed E-state index contributed by atoms with van der Waals surface area (Å²) in [5, 5.41) is 25.5. The molecule has 1 aromatic carbocycles. The Morgan fingerprint density at radius 1 is 1.19 bits per heavy atom. The van der Waals surface area contributed by atoms with Gasteiger partial charge in [-0.05, 0) is 58.7 Å². The third-order valence-corrected chi connectivity index (χ3v) is 6.89. The maximum atomic E-state index is 13.2. The van der Waals surface area contributed by atoms with Crippen molar-refractivity contribution in [1.29, 1.82) is 0 Å². The third-order valence-electron chi connectivity index (χ3n) is 6.89. The van der Waals surface area contributed by atoms with E-state index in [1.807, 2.05) is 6.07 Å². The summed E-state index contributed by atoms with van der Waals surface area (Å²) in [7, 11) is 1.57. The van der Waals surface area contributed by atoms with Gasteiger partial charge in [-0.25, -0.2) is 0 Å². The van der Waals surface area contributed by atoms with Crippen LogP contribution in [0.25, 0.3) is 0 Å². The predicted octanol–water partition coefficient (Wildman–Crippen LogP) is 1.16. The van der Waals surface area contributed by atoms with Crippen molar-refractivity contribution in [2.75, 3.05) is 7.05 Å². The number of aromatic hydroxyl groups is 1. The molecule has 0 bridgehead atoms. The molecule has 5 unspecified atom stereocenters. The van der Waals surface area contributed by atoms with E-state index in [-0.39, 0.29) is 18.1 Å². The predicted molar refractivity (Wildman–Crippen MR) is 135 cm³/mol. The number of benzene rings is 1. The van der Waals surface area contributed by atoms with Gasteiger partial charge in [0.05, 0.1) is 12.1 Å². The molecule has 2 rings (SSSR count). The van der Waals surface area contributed by atoms with Crippen LogP contribution in [-0.2, 0) is 25.5 Å². The van der Waals surface area contributed by atoms with Crippen molar-refractivity contribution in [3.63, 3.8) is 0 Å². The van der Waals surface area contributed by atoms with Crippen LogP contribution in [0.2, 0.25) is 0 Å². The average molecular weight is 505 g/mol. The lowest BCUT2D eigenvalue weighted by atomic mass is 9.87. The lowest BCUT2D eigenvalue weighted by Crippen LogP contribution is -2.59. The lowest BCUT2D eigenvalue weighted by Gasteiger charge is -2.33. The summed E-state index contributed by atoms with van der Waals surface area (Å²) >= 11 is 0. The number of carbonyl (C=O) groups is 3. The highest BCUT2D eigenvalue weighted by Crippen LogP contribution is 2.40. The van der Waals surface area contributed by atoms with Gasteiger partial charge >= 0.3 is 0 Å². The van der Waals surface area contributed by atoms with Crippen LogP contribution in [-0.4, -0.2) is 69.2 Å². The van der Waals surface area contributed by atoms with E-state index in [9.17, 15) is 24.6 Å². The van der Waals surface area contributed by atoms with Crippen LogP contribution in [0.5, 0.6) is 5.75 Å². The minimum absolute atomic E-state index is 0.120. The number of nitrogens with zero attached hydrogens (tertiary/aromatic N) is 1. The summed E-state index contributed by atoms with van der Waals surface area (Å²) in [5.41, 5.74) is 4.55. The third kappa shape index (κ3) is 6.98. The Morgan fingerprint density at radius 3 is 2.36 bits per heavy atom. The maximum absolute atomic E-state index is 13.2. The van der Waals surface area contributed by atoms with Gasteiger partial charge in [0.2, 0.25) is 17.7 Å². The maximum Gasteiger partial charge on any atom is 0.248 e. The number of hydrogen-bond donors (Lipinski definition) is 5. The molecule has 1 aliphatic heterocycles. The quantitative estimate of drug-likeness (QED) is 0.338. The fourth-order valence-electron chi connectivity index (χ4n) is 3.93. The van der Waals surface area contributed by atoms with Gasteiger partial charge in [-0.3, -0.25) is 14.4 Å². The van der Waals surface area contributed by atoms with E-state index >= 15 is 0 Å². The minimum atomic E-state index is -1.11. The van der Waals surface area contributed by atoms with E-state index < -0.39 is 47.1 Å². The first-order valence-electron chi connectivity index (χ1n) is 12.1. The van der Waals surface area contributed by atoms with Gasteiger partial charge in [0.1, 0.15) is 28.8 Å². The number of hydrogen-bond acceptors (Lipinski definition) is 7. The van der Waals surface area contributed by atoms with Crippen molar-refractivity contribution >= 4 is 17.7 Å². The summed E-state index contributed by atoms with van der Waals surface area (Å²) in [6.45, 7) is 10.1. The molecule has 1 heterocycles. The highest BCUT2D eigenvalue weighted by atomic mass is 16.5. The number of likely N-dealkylation sites (N-methyl/N-ethyl adjacent to an activating group) is 1. The van der Waals surface area contributed by atoms with E-state index in [4.69, 9.17) is 10.5 Å². The van der Waals surface area contributed by atoms with E-state index in [0.29, 0.717) is 12.2 Å². The number of ether oxygens (including phenoxy) is 1. The molecule has 0 radical (unpaired) electrons. The molecule has 3 amide bonds. The molecule has 5 atom stereocenters. The Bertz CT molecular complexity index is 986. The standard InChI is InChI=1S/C26H40N4O6/c1-15(11-18-9-8-10-19(31)12-18)24(34)30(7)17(3)21(29-22(32)16(2)27)23(33)28-14-20-13-26(6,35)25(4,5)36-20/h8-10,12,14-17,21,31,35H,11,13,27H2,1-7H3,(H,28,33)(H,29,32)/b20-14-. The Hall–Kier alpha value is -3.11. The largest absolute Gasteiger partial charge is 0.508 e. The zero-order valence-electron chi connectivity index (χ0n) is 22.2. The molecule has 10 heteroatoms. The first-order valence-corrected chi connectivity index (χ1v) is 12.1. The van der Waals surface area contributed by atoms with Gasteiger partial charge in [0, 0.05) is 25.6 Å².